The van der Waals surface area contributed by atoms with E-state index >= 15 is 0 Å². The summed E-state index contributed by atoms with van der Waals surface area (Å²) in [6.07, 6.45) is -0.442. The van der Waals surface area contributed by atoms with Gasteiger partial charge in [0.1, 0.15) is 0 Å². The van der Waals surface area contributed by atoms with Gasteiger partial charge in [-0.1, -0.05) is 0 Å². The highest BCUT2D eigenvalue weighted by molar-refractivity contribution is 6.02. The zero-order valence-electron chi connectivity index (χ0n) is 9.79. The number of carbonyl (C=O) groups excluding carboxylic acids is 4. The normalized spacial score (nSPS) is 20.8. The molecule has 0 saturated carbocycles. The maximum atomic E-state index is 11.3. The van der Waals surface area contributed by atoms with Crippen LogP contribution in [0.4, 0.5) is 0 Å². The maximum absolute atomic E-state index is 11.3. The molecule has 0 aliphatic carbocycles. The average Bonchev–Trinajstić information content (AvgIpc) is 2.79. The Morgan fingerprint density at radius 2 is 1.06 bits per heavy atom. The number of aliphatic hydroxyl groups is 1. The molecule has 2 heterocycles. The van der Waals surface area contributed by atoms with E-state index in [2.05, 4.69) is 0 Å². The Hall–Kier alpha value is -1.76. The van der Waals surface area contributed by atoms with E-state index < -0.39 is 6.10 Å². The molecule has 2 aliphatic heterocycles. The number of rotatable bonds is 4. The van der Waals surface area contributed by atoms with E-state index in [-0.39, 0.29) is 62.4 Å². The summed E-state index contributed by atoms with van der Waals surface area (Å²) >= 11 is 0. The molecule has 0 spiro atoms. The smallest absolute Gasteiger partial charge is 0.229 e. The third-order valence-electron chi connectivity index (χ3n) is 3.10. The molecule has 0 aromatic rings. The van der Waals surface area contributed by atoms with Crippen molar-refractivity contribution in [2.24, 2.45) is 0 Å². The maximum Gasteiger partial charge on any atom is 0.229 e. The highest BCUT2D eigenvalue weighted by Gasteiger charge is 2.34. The molecule has 2 fully saturated rings. The summed E-state index contributed by atoms with van der Waals surface area (Å²) in [4.78, 5) is 47.3. The van der Waals surface area contributed by atoms with Crippen LogP contribution in [0.1, 0.15) is 25.7 Å². The van der Waals surface area contributed by atoms with Gasteiger partial charge in [-0.25, -0.2) is 0 Å². The molecule has 4 amide bonds. The van der Waals surface area contributed by atoms with Crippen LogP contribution in [0.15, 0.2) is 0 Å². The van der Waals surface area contributed by atoms with E-state index in [9.17, 15) is 24.3 Å². The minimum Gasteiger partial charge on any atom is -0.389 e. The fraction of sp³-hybridized carbons (Fsp3) is 0.636. The number of β-amino-alcohol motifs (C(OH)–C–C–N with tert-alkyl or cyclic N) is 1. The molecule has 0 aromatic heterocycles. The number of aliphatic hydroxyl groups excluding tert-OH is 1. The van der Waals surface area contributed by atoms with Gasteiger partial charge in [-0.2, -0.15) is 0 Å². The number of likely N-dealkylation sites (tertiary alicyclic amines) is 2. The van der Waals surface area contributed by atoms with Crippen molar-refractivity contribution in [1.82, 2.24) is 9.80 Å². The molecule has 1 N–H and O–H groups in total. The van der Waals surface area contributed by atoms with Crippen LogP contribution in [0.3, 0.4) is 0 Å². The average molecular weight is 254 g/mol. The summed E-state index contributed by atoms with van der Waals surface area (Å²) in [5, 5.41) is 9.75. The van der Waals surface area contributed by atoms with Crippen LogP contribution < -0.4 is 0 Å². The molecule has 0 unspecified atom stereocenters. The van der Waals surface area contributed by atoms with Gasteiger partial charge in [0, 0.05) is 25.7 Å². The van der Waals surface area contributed by atoms with Crippen molar-refractivity contribution in [2.75, 3.05) is 13.1 Å². The van der Waals surface area contributed by atoms with Crippen LogP contribution in [-0.4, -0.2) is 57.7 Å². The van der Waals surface area contributed by atoms with Crippen molar-refractivity contribution in [2.45, 2.75) is 31.8 Å². The number of imide groups is 2. The number of carbonyl (C=O) groups is 4. The van der Waals surface area contributed by atoms with Gasteiger partial charge in [-0.15, -0.1) is 0 Å². The molecule has 7 heteroatoms. The summed E-state index contributed by atoms with van der Waals surface area (Å²) in [5.41, 5.74) is 0. The van der Waals surface area contributed by atoms with Crippen molar-refractivity contribution in [3.63, 3.8) is 0 Å². The fourth-order valence-corrected chi connectivity index (χ4v) is 2.13. The Labute approximate surface area is 103 Å². The van der Waals surface area contributed by atoms with Gasteiger partial charge in [0.15, 0.2) is 0 Å². The van der Waals surface area contributed by atoms with Crippen molar-refractivity contribution in [3.8, 4) is 0 Å². The molecule has 0 aromatic carbocycles. The summed E-state index contributed by atoms with van der Waals surface area (Å²) in [5.74, 6) is -1.28. The Morgan fingerprint density at radius 1 is 0.778 bits per heavy atom. The highest BCUT2D eigenvalue weighted by Crippen LogP contribution is 2.15. The van der Waals surface area contributed by atoms with Gasteiger partial charge in [0.25, 0.3) is 0 Å². The Bertz CT molecular complexity index is 350. The van der Waals surface area contributed by atoms with Crippen molar-refractivity contribution < 1.29 is 24.3 Å². The quantitative estimate of drug-likeness (QED) is 0.625. The SMILES string of the molecule is O=C1CCC(=O)N1CC(O)CN1C(=O)CCC1=O. The zero-order chi connectivity index (χ0) is 13.3. The van der Waals surface area contributed by atoms with E-state index in [1.807, 2.05) is 0 Å². The van der Waals surface area contributed by atoms with Crippen LogP contribution in [-0.2, 0) is 19.2 Å². The first-order chi connectivity index (χ1) is 8.49. The topological polar surface area (TPSA) is 95.0 Å². The van der Waals surface area contributed by atoms with E-state index in [1.54, 1.807) is 0 Å². The predicted molar refractivity (Wildman–Crippen MR) is 57.9 cm³/mol. The molecule has 98 valence electrons. The molecule has 2 rings (SSSR count). The van der Waals surface area contributed by atoms with E-state index in [1.165, 1.54) is 0 Å². The Kier molecular flexibility index (Phi) is 3.42. The molecule has 0 bridgehead atoms. The second-order valence-corrected chi connectivity index (χ2v) is 4.45. The summed E-state index contributed by atoms with van der Waals surface area (Å²) in [6.45, 7) is -0.316. The zero-order valence-corrected chi connectivity index (χ0v) is 9.79. The molecular weight excluding hydrogens is 240 g/mol. The molecular formula is C11H14N2O5. The monoisotopic (exact) mass is 254 g/mol. The van der Waals surface area contributed by atoms with E-state index in [4.69, 9.17) is 0 Å². The first-order valence-corrected chi connectivity index (χ1v) is 5.83. The third kappa shape index (κ3) is 2.40. The van der Waals surface area contributed by atoms with Crippen LogP contribution in [0.2, 0.25) is 0 Å². The molecule has 2 saturated heterocycles. The predicted octanol–water partition coefficient (Wildman–Crippen LogP) is -1.35. The van der Waals surface area contributed by atoms with Crippen LogP contribution in [0.5, 0.6) is 0 Å². The molecule has 0 atom stereocenters. The van der Waals surface area contributed by atoms with Gasteiger partial charge in [0.05, 0.1) is 19.2 Å². The van der Waals surface area contributed by atoms with Crippen LogP contribution >= 0.6 is 0 Å². The molecule has 0 radical (unpaired) electrons. The van der Waals surface area contributed by atoms with Crippen LogP contribution in [0.25, 0.3) is 0 Å². The Balaban J connectivity index is 1.90. The first-order valence-electron chi connectivity index (χ1n) is 5.83. The summed E-state index contributed by atoms with van der Waals surface area (Å²) in [7, 11) is 0. The lowest BCUT2D eigenvalue weighted by Crippen LogP contribution is -2.43. The van der Waals surface area contributed by atoms with E-state index in [0.29, 0.717) is 0 Å². The number of amides is 4. The number of nitrogens with zero attached hydrogens (tertiary/aromatic N) is 2. The van der Waals surface area contributed by atoms with Gasteiger partial charge in [-0.05, 0) is 0 Å². The Morgan fingerprint density at radius 3 is 1.33 bits per heavy atom. The number of hydrogen-bond acceptors (Lipinski definition) is 5. The summed E-state index contributed by atoms with van der Waals surface area (Å²) in [6, 6.07) is 0. The first kappa shape index (κ1) is 12.7. The van der Waals surface area contributed by atoms with Gasteiger partial charge >= 0.3 is 0 Å². The molecule has 18 heavy (non-hydrogen) atoms. The lowest BCUT2D eigenvalue weighted by molar-refractivity contribution is -0.141. The summed E-state index contributed by atoms with van der Waals surface area (Å²) < 4.78 is 0. The second kappa shape index (κ2) is 4.85. The minimum atomic E-state index is -1.08. The fourth-order valence-electron chi connectivity index (χ4n) is 2.13. The largest absolute Gasteiger partial charge is 0.389 e. The van der Waals surface area contributed by atoms with Gasteiger partial charge in [-0.3, -0.25) is 29.0 Å². The van der Waals surface area contributed by atoms with Gasteiger partial charge in [0.2, 0.25) is 23.6 Å². The molecule has 7 nitrogen and oxygen atoms in total. The lowest BCUT2D eigenvalue weighted by atomic mass is 10.3. The third-order valence-corrected chi connectivity index (χ3v) is 3.10. The van der Waals surface area contributed by atoms with Crippen molar-refractivity contribution in [3.05, 3.63) is 0 Å². The lowest BCUT2D eigenvalue weighted by Gasteiger charge is -2.22. The van der Waals surface area contributed by atoms with Crippen molar-refractivity contribution >= 4 is 23.6 Å². The minimum absolute atomic E-state index is 0.158. The van der Waals surface area contributed by atoms with E-state index in [0.717, 1.165) is 9.80 Å². The van der Waals surface area contributed by atoms with Gasteiger partial charge < -0.3 is 5.11 Å². The standard InChI is InChI=1S/C11H14N2O5/c14-7(5-12-8(15)1-2-9(12)16)6-13-10(17)3-4-11(13)18/h7,14H,1-6H2. The second-order valence-electron chi connectivity index (χ2n) is 4.45. The molecule has 2 aliphatic rings. The van der Waals surface area contributed by atoms with Crippen LogP contribution in [0, 0.1) is 0 Å². The number of hydrogen-bond donors (Lipinski definition) is 1. The van der Waals surface area contributed by atoms with Crippen molar-refractivity contribution in [1.29, 1.82) is 0 Å². The highest BCUT2D eigenvalue weighted by atomic mass is 16.3.